The molecule has 5 nitrogen and oxygen atoms in total. The van der Waals surface area contributed by atoms with Gasteiger partial charge in [-0.05, 0) is 29.8 Å². The Morgan fingerprint density at radius 3 is 2.55 bits per heavy atom. The number of carboxylic acid groups (broad SMARTS) is 1. The second-order valence-electron chi connectivity index (χ2n) is 4.08. The highest BCUT2D eigenvalue weighted by Crippen LogP contribution is 2.10. The van der Waals surface area contributed by atoms with Crippen LogP contribution in [0.25, 0.3) is 0 Å². The number of hydrogen-bond donors (Lipinski definition) is 2. The molecule has 1 heterocycles. The molecule has 0 amide bonds. The Kier molecular flexibility index (Phi) is 4.05. The predicted octanol–water partition coefficient (Wildman–Crippen LogP) is 2.34. The van der Waals surface area contributed by atoms with Crippen molar-refractivity contribution in [2.24, 2.45) is 5.16 Å². The lowest BCUT2D eigenvalue weighted by Gasteiger charge is -2.05. The topological polar surface area (TPSA) is 82.8 Å². The zero-order valence-corrected chi connectivity index (χ0v) is 10.3. The summed E-state index contributed by atoms with van der Waals surface area (Å²) in [5, 5.41) is 21.1. The van der Waals surface area contributed by atoms with Gasteiger partial charge in [-0.1, -0.05) is 17.3 Å². The molecule has 0 aliphatic carbocycles. The van der Waals surface area contributed by atoms with Crippen LogP contribution in [0.5, 0.6) is 0 Å². The third kappa shape index (κ3) is 3.17. The van der Waals surface area contributed by atoms with Gasteiger partial charge in [0.2, 0.25) is 0 Å². The molecule has 2 rings (SSSR count). The van der Waals surface area contributed by atoms with Gasteiger partial charge in [-0.15, -0.1) is 0 Å². The van der Waals surface area contributed by atoms with Crippen molar-refractivity contribution in [2.75, 3.05) is 0 Å². The number of carboxylic acids is 1. The van der Waals surface area contributed by atoms with Gasteiger partial charge in [-0.25, -0.2) is 9.18 Å². The molecule has 2 N–H and O–H groups in total. The molecule has 0 saturated heterocycles. The van der Waals surface area contributed by atoms with Crippen molar-refractivity contribution in [3.05, 3.63) is 65.2 Å². The Bertz CT molecular complexity index is 654. The number of oxime groups is 1. The van der Waals surface area contributed by atoms with Crippen LogP contribution in [0, 0.1) is 5.82 Å². The average Bonchev–Trinajstić information content (AvgIpc) is 2.46. The lowest BCUT2D eigenvalue weighted by Crippen LogP contribution is -2.09. The van der Waals surface area contributed by atoms with Crippen molar-refractivity contribution < 1.29 is 19.5 Å². The van der Waals surface area contributed by atoms with E-state index in [2.05, 4.69) is 10.1 Å². The maximum atomic E-state index is 12.8. The van der Waals surface area contributed by atoms with E-state index in [1.165, 1.54) is 30.5 Å². The maximum absolute atomic E-state index is 12.8. The Balaban J connectivity index is 2.27. The molecule has 0 bridgehead atoms. The SMILES string of the molecule is O=C(O)c1ccnc(/C(Cc2ccc(F)cc2)=N/O)c1. The van der Waals surface area contributed by atoms with E-state index in [1.807, 2.05) is 0 Å². The lowest BCUT2D eigenvalue weighted by atomic mass is 10.0. The Labute approximate surface area is 114 Å². The third-order valence-electron chi connectivity index (χ3n) is 2.71. The maximum Gasteiger partial charge on any atom is 0.335 e. The van der Waals surface area contributed by atoms with Gasteiger partial charge in [0.15, 0.2) is 0 Å². The number of pyridine rings is 1. The average molecular weight is 274 g/mol. The monoisotopic (exact) mass is 274 g/mol. The van der Waals surface area contributed by atoms with Crippen molar-refractivity contribution in [3.8, 4) is 0 Å². The zero-order valence-electron chi connectivity index (χ0n) is 10.3. The molecular formula is C14H11FN2O3. The standard InChI is InChI=1S/C14H11FN2O3/c15-11-3-1-9(2-4-11)7-13(17-20)12-8-10(14(18)19)5-6-16-12/h1-6,8,20H,7H2,(H,18,19)/b17-13+. The van der Waals surface area contributed by atoms with Crippen molar-refractivity contribution in [3.63, 3.8) is 0 Å². The number of aromatic carboxylic acids is 1. The van der Waals surface area contributed by atoms with E-state index in [0.29, 0.717) is 0 Å². The summed E-state index contributed by atoms with van der Waals surface area (Å²) < 4.78 is 12.8. The molecule has 0 spiro atoms. The molecule has 0 aliphatic rings. The minimum Gasteiger partial charge on any atom is -0.478 e. The Morgan fingerprint density at radius 1 is 1.25 bits per heavy atom. The van der Waals surface area contributed by atoms with E-state index in [9.17, 15) is 9.18 Å². The first-order valence-electron chi connectivity index (χ1n) is 5.75. The highest BCUT2D eigenvalue weighted by molar-refractivity contribution is 6.01. The summed E-state index contributed by atoms with van der Waals surface area (Å²) in [6.45, 7) is 0. The van der Waals surface area contributed by atoms with Gasteiger partial charge in [-0.2, -0.15) is 0 Å². The zero-order chi connectivity index (χ0) is 14.5. The fourth-order valence-electron chi connectivity index (χ4n) is 1.69. The molecule has 0 radical (unpaired) electrons. The van der Waals surface area contributed by atoms with Crippen molar-refractivity contribution in [1.29, 1.82) is 0 Å². The molecule has 0 unspecified atom stereocenters. The van der Waals surface area contributed by atoms with Crippen LogP contribution in [0.15, 0.2) is 47.8 Å². The quantitative estimate of drug-likeness (QED) is 0.509. The van der Waals surface area contributed by atoms with Gasteiger partial charge in [0, 0.05) is 12.6 Å². The van der Waals surface area contributed by atoms with Crippen LogP contribution in [0.4, 0.5) is 4.39 Å². The number of carbonyl (C=O) groups is 1. The second-order valence-corrected chi connectivity index (χ2v) is 4.08. The summed E-state index contributed by atoms with van der Waals surface area (Å²) in [5.74, 6) is -1.45. The van der Waals surface area contributed by atoms with Crippen LogP contribution in [-0.4, -0.2) is 27.0 Å². The van der Waals surface area contributed by atoms with Gasteiger partial charge in [0.05, 0.1) is 11.3 Å². The van der Waals surface area contributed by atoms with Crippen LogP contribution in [0.3, 0.4) is 0 Å². The molecule has 20 heavy (non-hydrogen) atoms. The van der Waals surface area contributed by atoms with E-state index in [4.69, 9.17) is 10.3 Å². The Morgan fingerprint density at radius 2 is 1.95 bits per heavy atom. The molecule has 0 atom stereocenters. The number of hydrogen-bond acceptors (Lipinski definition) is 4. The fourth-order valence-corrected chi connectivity index (χ4v) is 1.69. The van der Waals surface area contributed by atoms with E-state index >= 15 is 0 Å². The summed E-state index contributed by atoms with van der Waals surface area (Å²) in [7, 11) is 0. The number of rotatable bonds is 4. The normalized spacial score (nSPS) is 11.3. The summed E-state index contributed by atoms with van der Waals surface area (Å²) in [6, 6.07) is 8.37. The van der Waals surface area contributed by atoms with Crippen LogP contribution >= 0.6 is 0 Å². The number of benzene rings is 1. The molecule has 102 valence electrons. The molecule has 0 saturated carbocycles. The first kappa shape index (κ1) is 13.7. The summed E-state index contributed by atoms with van der Waals surface area (Å²) in [6.07, 6.45) is 1.54. The van der Waals surface area contributed by atoms with E-state index in [0.717, 1.165) is 5.56 Å². The summed E-state index contributed by atoms with van der Waals surface area (Å²) in [5.41, 5.74) is 1.24. The third-order valence-corrected chi connectivity index (χ3v) is 2.71. The van der Waals surface area contributed by atoms with Crippen LogP contribution in [0.1, 0.15) is 21.6 Å². The molecule has 0 aliphatic heterocycles. The second kappa shape index (κ2) is 5.92. The smallest absolute Gasteiger partial charge is 0.335 e. The van der Waals surface area contributed by atoms with Gasteiger partial charge in [0.25, 0.3) is 0 Å². The predicted molar refractivity (Wildman–Crippen MR) is 69.6 cm³/mol. The van der Waals surface area contributed by atoms with Crippen LogP contribution in [0.2, 0.25) is 0 Å². The molecule has 6 heteroatoms. The Hall–Kier alpha value is -2.76. The fraction of sp³-hybridized carbons (Fsp3) is 0.0714. The van der Waals surface area contributed by atoms with Gasteiger partial charge >= 0.3 is 5.97 Å². The van der Waals surface area contributed by atoms with E-state index in [1.54, 1.807) is 12.1 Å². The molecule has 2 aromatic rings. The first-order valence-corrected chi connectivity index (χ1v) is 5.75. The highest BCUT2D eigenvalue weighted by Gasteiger charge is 2.11. The lowest BCUT2D eigenvalue weighted by molar-refractivity contribution is 0.0696. The summed E-state index contributed by atoms with van der Waals surface area (Å²) in [4.78, 5) is 14.9. The van der Waals surface area contributed by atoms with Crippen molar-refractivity contribution in [2.45, 2.75) is 6.42 Å². The van der Waals surface area contributed by atoms with Crippen LogP contribution in [-0.2, 0) is 6.42 Å². The number of aromatic nitrogens is 1. The van der Waals surface area contributed by atoms with Gasteiger partial charge in [-0.3, -0.25) is 4.98 Å². The number of halogens is 1. The van der Waals surface area contributed by atoms with E-state index < -0.39 is 5.97 Å². The van der Waals surface area contributed by atoms with Crippen molar-refractivity contribution in [1.82, 2.24) is 4.98 Å². The van der Waals surface area contributed by atoms with Gasteiger partial charge in [0.1, 0.15) is 11.5 Å². The molecule has 0 fully saturated rings. The number of nitrogens with zero attached hydrogens (tertiary/aromatic N) is 2. The van der Waals surface area contributed by atoms with Crippen molar-refractivity contribution >= 4 is 11.7 Å². The molecular weight excluding hydrogens is 263 g/mol. The minimum atomic E-state index is -1.09. The molecule has 1 aromatic heterocycles. The highest BCUT2D eigenvalue weighted by atomic mass is 19.1. The minimum absolute atomic E-state index is 0.0512. The van der Waals surface area contributed by atoms with Crippen LogP contribution < -0.4 is 0 Å². The summed E-state index contributed by atoms with van der Waals surface area (Å²) >= 11 is 0. The molecule has 1 aromatic carbocycles. The first-order chi connectivity index (χ1) is 9.60. The largest absolute Gasteiger partial charge is 0.478 e. The van der Waals surface area contributed by atoms with E-state index in [-0.39, 0.29) is 29.2 Å². The van der Waals surface area contributed by atoms with Gasteiger partial charge < -0.3 is 10.3 Å².